The average molecular weight is 404 g/mol. The molecule has 3 fully saturated rings. The van der Waals surface area contributed by atoms with Crippen LogP contribution < -0.4 is 0 Å². The molecule has 5 atom stereocenters. The number of fused-ring (bicyclic) bond motifs is 1. The van der Waals surface area contributed by atoms with Crippen molar-refractivity contribution in [2.24, 2.45) is 11.8 Å². The van der Waals surface area contributed by atoms with Gasteiger partial charge in [-0.25, -0.2) is 0 Å². The fraction of sp³-hybridized carbons (Fsp3) is 1.00. The summed E-state index contributed by atoms with van der Waals surface area (Å²) in [6, 6.07) is 0. The highest BCUT2D eigenvalue weighted by atomic mass is 16.3. The first-order valence-electron chi connectivity index (χ1n) is 12.9. The van der Waals surface area contributed by atoms with Gasteiger partial charge in [0.2, 0.25) is 0 Å². The van der Waals surface area contributed by atoms with Crippen molar-refractivity contribution in [3.05, 3.63) is 0 Å². The Morgan fingerprint density at radius 2 is 1.48 bits per heavy atom. The van der Waals surface area contributed by atoms with E-state index in [4.69, 9.17) is 0 Å². The maximum atomic E-state index is 11.5. The third kappa shape index (κ3) is 7.01. The third-order valence-electron chi connectivity index (χ3n) is 8.81. The summed E-state index contributed by atoms with van der Waals surface area (Å²) in [5.41, 5.74) is -1.02. The van der Waals surface area contributed by atoms with Crippen LogP contribution in [0.3, 0.4) is 0 Å². The number of hydrogen-bond acceptors (Lipinski definition) is 3. The minimum atomic E-state index is -0.546. The van der Waals surface area contributed by atoms with E-state index >= 15 is 0 Å². The van der Waals surface area contributed by atoms with Crippen molar-refractivity contribution in [3.8, 4) is 0 Å². The van der Waals surface area contributed by atoms with Crippen molar-refractivity contribution in [2.75, 3.05) is 0 Å². The molecule has 3 aliphatic carbocycles. The zero-order chi connectivity index (χ0) is 20.9. The fourth-order valence-electron chi connectivity index (χ4n) is 7.12. The minimum absolute atomic E-state index is 0.159. The second kappa shape index (κ2) is 10.6. The van der Waals surface area contributed by atoms with Gasteiger partial charge in [0.05, 0.1) is 11.7 Å². The highest BCUT2D eigenvalue weighted by Crippen LogP contribution is 2.47. The molecule has 3 nitrogen and oxygen atoms in total. The molecule has 0 amide bonds. The molecule has 5 heteroatoms. The standard InChI is InChI=1S/C24H46B2O3/c1-23(28)14-7-9-18(10-8-15-23)26-22-17-19(27)11-6-13-21-20(22)12-4-2-3-5-16-24(21,25)29/h18-22,26-29H,2-17,25H2,1H3. The quantitative estimate of drug-likeness (QED) is 0.611. The molecule has 0 aromatic carbocycles. The van der Waals surface area contributed by atoms with Gasteiger partial charge in [-0.1, -0.05) is 75.8 Å². The first-order valence-corrected chi connectivity index (χ1v) is 12.9. The van der Waals surface area contributed by atoms with E-state index in [1.165, 1.54) is 45.8 Å². The Morgan fingerprint density at radius 3 is 2.21 bits per heavy atom. The third-order valence-corrected chi connectivity index (χ3v) is 8.81. The van der Waals surface area contributed by atoms with Gasteiger partial charge in [0, 0.05) is 5.50 Å². The molecule has 0 spiro atoms. The van der Waals surface area contributed by atoms with E-state index in [0.717, 1.165) is 70.0 Å². The van der Waals surface area contributed by atoms with E-state index in [1.807, 2.05) is 6.92 Å². The second-order valence-corrected chi connectivity index (χ2v) is 11.5. The van der Waals surface area contributed by atoms with E-state index in [0.29, 0.717) is 17.7 Å². The molecule has 0 bridgehead atoms. The SMILES string of the molecule is BC1(O)CCCCCCC2C(BC3CCCC(C)(O)CCC3)CC(O)CCCC21. The molecule has 3 rings (SSSR count). The number of aliphatic hydroxyl groups is 3. The summed E-state index contributed by atoms with van der Waals surface area (Å²) in [6.45, 7) is 2.00. The summed E-state index contributed by atoms with van der Waals surface area (Å²) in [5.74, 6) is 2.23. The van der Waals surface area contributed by atoms with Crippen molar-refractivity contribution in [2.45, 2.75) is 138 Å². The van der Waals surface area contributed by atoms with Gasteiger partial charge in [-0.15, -0.1) is 0 Å². The highest BCUT2D eigenvalue weighted by molar-refractivity contribution is 6.39. The van der Waals surface area contributed by atoms with Crippen LogP contribution >= 0.6 is 0 Å². The van der Waals surface area contributed by atoms with Crippen LogP contribution in [0.1, 0.15) is 110 Å². The summed E-state index contributed by atoms with van der Waals surface area (Å²) in [7, 11) is 3.33. The predicted octanol–water partition coefficient (Wildman–Crippen LogP) is 3.95. The van der Waals surface area contributed by atoms with Gasteiger partial charge < -0.3 is 15.3 Å². The van der Waals surface area contributed by atoms with Gasteiger partial charge in [0.1, 0.15) is 15.1 Å². The van der Waals surface area contributed by atoms with Crippen LogP contribution in [0.2, 0.25) is 11.6 Å². The monoisotopic (exact) mass is 404 g/mol. The van der Waals surface area contributed by atoms with Crippen LogP contribution in [0.5, 0.6) is 0 Å². The molecule has 0 saturated heterocycles. The Bertz CT molecular complexity index is 485. The molecular weight excluding hydrogens is 358 g/mol. The number of aliphatic hydroxyl groups excluding tert-OH is 1. The normalized spacial score (nSPS) is 45.9. The van der Waals surface area contributed by atoms with Gasteiger partial charge in [0.15, 0.2) is 0 Å². The second-order valence-electron chi connectivity index (χ2n) is 11.5. The molecule has 3 aliphatic rings. The lowest BCUT2D eigenvalue weighted by molar-refractivity contribution is 0.0000418. The van der Waals surface area contributed by atoms with Crippen molar-refractivity contribution < 1.29 is 15.3 Å². The molecule has 0 aromatic heterocycles. The number of rotatable bonds is 2. The largest absolute Gasteiger partial charge is 0.399 e. The lowest BCUT2D eigenvalue weighted by atomic mass is 9.43. The molecular formula is C24H46B2O3. The van der Waals surface area contributed by atoms with Crippen LogP contribution in [0.4, 0.5) is 0 Å². The maximum absolute atomic E-state index is 11.5. The molecule has 0 aliphatic heterocycles. The molecule has 0 radical (unpaired) electrons. The fourth-order valence-corrected chi connectivity index (χ4v) is 7.12. The summed E-state index contributed by atoms with van der Waals surface area (Å²) in [5, 5.41) is 32.6. The zero-order valence-electron chi connectivity index (χ0n) is 19.2. The van der Waals surface area contributed by atoms with Gasteiger partial charge in [0.25, 0.3) is 0 Å². The zero-order valence-corrected chi connectivity index (χ0v) is 19.2. The van der Waals surface area contributed by atoms with Crippen molar-refractivity contribution in [1.29, 1.82) is 0 Å². The van der Waals surface area contributed by atoms with Gasteiger partial charge >= 0.3 is 0 Å². The minimum Gasteiger partial charge on any atom is -0.399 e. The lowest BCUT2D eigenvalue weighted by Gasteiger charge is -2.45. The Balaban J connectivity index is 1.75. The van der Waals surface area contributed by atoms with Crippen molar-refractivity contribution >= 4 is 15.1 Å². The van der Waals surface area contributed by atoms with E-state index in [9.17, 15) is 15.3 Å². The van der Waals surface area contributed by atoms with Crippen LogP contribution in [0.15, 0.2) is 0 Å². The lowest BCUT2D eigenvalue weighted by Crippen LogP contribution is -2.45. The number of hydrogen-bond donors (Lipinski definition) is 3. The van der Waals surface area contributed by atoms with E-state index in [2.05, 4.69) is 7.85 Å². The van der Waals surface area contributed by atoms with E-state index in [1.54, 1.807) is 0 Å². The predicted molar refractivity (Wildman–Crippen MR) is 126 cm³/mol. The van der Waals surface area contributed by atoms with Crippen LogP contribution in [0.25, 0.3) is 0 Å². The maximum Gasteiger partial charge on any atom is 0.143 e. The Morgan fingerprint density at radius 1 is 0.793 bits per heavy atom. The Labute approximate surface area is 181 Å². The van der Waals surface area contributed by atoms with E-state index < -0.39 is 11.1 Å². The molecule has 3 saturated carbocycles. The summed E-state index contributed by atoms with van der Waals surface area (Å²) in [4.78, 5) is 0. The van der Waals surface area contributed by atoms with Crippen LogP contribution in [-0.2, 0) is 0 Å². The topological polar surface area (TPSA) is 60.7 Å². The molecule has 0 heterocycles. The molecule has 0 aromatic rings. The summed E-state index contributed by atoms with van der Waals surface area (Å²) >= 11 is 0. The molecule has 29 heavy (non-hydrogen) atoms. The summed E-state index contributed by atoms with van der Waals surface area (Å²) < 4.78 is 0. The highest BCUT2D eigenvalue weighted by Gasteiger charge is 2.42. The smallest absolute Gasteiger partial charge is 0.143 e. The first kappa shape index (κ1) is 23.7. The van der Waals surface area contributed by atoms with Crippen molar-refractivity contribution in [3.63, 3.8) is 0 Å². The van der Waals surface area contributed by atoms with E-state index in [-0.39, 0.29) is 6.10 Å². The first-order chi connectivity index (χ1) is 13.8. The van der Waals surface area contributed by atoms with Crippen LogP contribution in [0, 0.1) is 11.8 Å². The summed E-state index contributed by atoms with van der Waals surface area (Å²) in [6.07, 6.45) is 17.5. The Kier molecular flexibility index (Phi) is 8.61. The van der Waals surface area contributed by atoms with Gasteiger partial charge in [-0.05, 0) is 57.3 Å². The molecule has 166 valence electrons. The Hall–Kier alpha value is 0.00987. The van der Waals surface area contributed by atoms with Crippen LogP contribution in [-0.4, -0.2) is 47.7 Å². The van der Waals surface area contributed by atoms with Crippen molar-refractivity contribution in [1.82, 2.24) is 0 Å². The molecule has 5 unspecified atom stereocenters. The van der Waals surface area contributed by atoms with Gasteiger partial charge in [-0.3, -0.25) is 0 Å². The molecule has 3 N–H and O–H groups in total. The van der Waals surface area contributed by atoms with Gasteiger partial charge in [-0.2, -0.15) is 0 Å². The average Bonchev–Trinajstić information content (AvgIpc) is 2.67.